The molecule has 2 aromatic heterocycles. The predicted molar refractivity (Wildman–Crippen MR) is 60.3 cm³/mol. The lowest BCUT2D eigenvalue weighted by molar-refractivity contribution is 0.597. The van der Waals surface area contributed by atoms with Crippen LogP contribution in [0.25, 0.3) is 5.82 Å². The summed E-state index contributed by atoms with van der Waals surface area (Å²) in [6, 6.07) is 3.10. The normalized spacial score (nSPS) is 11.7. The van der Waals surface area contributed by atoms with Crippen molar-refractivity contribution in [3.63, 3.8) is 0 Å². The topological polar surface area (TPSA) is 104 Å². The lowest BCUT2D eigenvalue weighted by atomic mass is 10.4. The minimum atomic E-state index is -3.79. The molecular weight excluding hydrogens is 266 g/mol. The van der Waals surface area contributed by atoms with Crippen molar-refractivity contribution in [3.8, 4) is 5.82 Å². The number of nitrogens with two attached hydrogens (primary N) is 1. The molecule has 90 valence electrons. The van der Waals surface area contributed by atoms with Crippen molar-refractivity contribution >= 4 is 21.6 Å². The first-order chi connectivity index (χ1) is 7.89. The number of halogens is 1. The largest absolute Gasteiger partial charge is 0.241 e. The molecule has 0 aliphatic rings. The summed E-state index contributed by atoms with van der Waals surface area (Å²) in [5, 5.41) is 16.6. The van der Waals surface area contributed by atoms with Crippen LogP contribution >= 0.6 is 11.6 Å². The summed E-state index contributed by atoms with van der Waals surface area (Å²) in [7, 11) is -3.79. The molecule has 2 rings (SSSR count). The van der Waals surface area contributed by atoms with Gasteiger partial charge in [-0.15, -0.1) is 10.2 Å². The standard InChI is InChI=1S/C8H8ClN5O2S/c1-5-6(17(10,15)16)4-11-14(5)8-3-2-7(9)12-13-8/h2-4H,1H3,(H2,10,15,16). The van der Waals surface area contributed by atoms with E-state index in [0.29, 0.717) is 11.5 Å². The van der Waals surface area contributed by atoms with Gasteiger partial charge in [0, 0.05) is 0 Å². The van der Waals surface area contributed by atoms with Gasteiger partial charge in [0.2, 0.25) is 10.0 Å². The highest BCUT2D eigenvalue weighted by Crippen LogP contribution is 2.16. The summed E-state index contributed by atoms with van der Waals surface area (Å²) in [4.78, 5) is -0.0470. The average Bonchev–Trinajstić information content (AvgIpc) is 2.61. The molecule has 0 unspecified atom stereocenters. The molecule has 2 aromatic rings. The molecule has 2 N–H and O–H groups in total. The van der Waals surface area contributed by atoms with E-state index in [1.165, 1.54) is 16.9 Å². The zero-order chi connectivity index (χ0) is 12.6. The van der Waals surface area contributed by atoms with Crippen LogP contribution in [0.15, 0.2) is 23.2 Å². The molecular formula is C8H8ClN5O2S. The number of hydrogen-bond donors (Lipinski definition) is 1. The number of rotatable bonds is 2. The summed E-state index contributed by atoms with van der Waals surface area (Å²) in [5.74, 6) is 0.363. The van der Waals surface area contributed by atoms with Gasteiger partial charge in [-0.2, -0.15) is 5.10 Å². The Morgan fingerprint density at radius 2 is 2.06 bits per heavy atom. The second-order valence-electron chi connectivity index (χ2n) is 3.27. The van der Waals surface area contributed by atoms with Crippen LogP contribution in [-0.2, 0) is 10.0 Å². The fourth-order valence-corrected chi connectivity index (χ4v) is 2.12. The molecule has 0 saturated heterocycles. The Labute approximate surface area is 102 Å². The first kappa shape index (κ1) is 12.0. The van der Waals surface area contributed by atoms with E-state index in [4.69, 9.17) is 16.7 Å². The fourth-order valence-electron chi connectivity index (χ4n) is 1.33. The molecule has 0 bridgehead atoms. The van der Waals surface area contributed by atoms with Crippen LogP contribution < -0.4 is 5.14 Å². The van der Waals surface area contributed by atoms with E-state index in [0.717, 1.165) is 0 Å². The van der Waals surface area contributed by atoms with Crippen LogP contribution in [0.1, 0.15) is 5.69 Å². The van der Waals surface area contributed by atoms with E-state index in [1.54, 1.807) is 13.0 Å². The van der Waals surface area contributed by atoms with Crippen LogP contribution in [0.3, 0.4) is 0 Å². The Hall–Kier alpha value is -1.51. The van der Waals surface area contributed by atoms with Gasteiger partial charge in [-0.25, -0.2) is 18.2 Å². The molecule has 0 spiro atoms. The lowest BCUT2D eigenvalue weighted by Crippen LogP contribution is -2.13. The van der Waals surface area contributed by atoms with Crippen LogP contribution in [0.5, 0.6) is 0 Å². The summed E-state index contributed by atoms with van der Waals surface area (Å²) in [6.07, 6.45) is 1.17. The molecule has 7 nitrogen and oxygen atoms in total. The second-order valence-corrected chi connectivity index (χ2v) is 5.18. The molecule has 9 heteroatoms. The van der Waals surface area contributed by atoms with Gasteiger partial charge in [0.05, 0.1) is 11.9 Å². The number of sulfonamides is 1. The van der Waals surface area contributed by atoms with Gasteiger partial charge in [-0.1, -0.05) is 11.6 Å². The van der Waals surface area contributed by atoms with Gasteiger partial charge >= 0.3 is 0 Å². The number of nitrogens with zero attached hydrogens (tertiary/aromatic N) is 4. The molecule has 2 heterocycles. The summed E-state index contributed by atoms with van der Waals surface area (Å²) < 4.78 is 23.8. The Kier molecular flexibility index (Phi) is 2.86. The van der Waals surface area contributed by atoms with Crippen LogP contribution in [0.2, 0.25) is 5.15 Å². The highest BCUT2D eigenvalue weighted by molar-refractivity contribution is 7.89. The van der Waals surface area contributed by atoms with Gasteiger partial charge < -0.3 is 0 Å². The quantitative estimate of drug-likeness (QED) is 0.846. The van der Waals surface area contributed by atoms with Gasteiger partial charge in [-0.3, -0.25) is 0 Å². The van der Waals surface area contributed by atoms with Gasteiger partial charge in [0.25, 0.3) is 0 Å². The molecule has 0 amide bonds. The highest BCUT2D eigenvalue weighted by Gasteiger charge is 2.17. The van der Waals surface area contributed by atoms with Crippen molar-refractivity contribution < 1.29 is 8.42 Å². The highest BCUT2D eigenvalue weighted by atomic mass is 35.5. The van der Waals surface area contributed by atoms with Crippen LogP contribution in [0, 0.1) is 6.92 Å². The number of primary sulfonamides is 1. The average molecular weight is 274 g/mol. The molecule has 0 aliphatic carbocycles. The number of hydrogen-bond acceptors (Lipinski definition) is 5. The Bertz CT molecular complexity index is 649. The predicted octanol–water partition coefficient (Wildman–Crippen LogP) is 0.272. The Morgan fingerprint density at radius 3 is 2.53 bits per heavy atom. The third kappa shape index (κ3) is 2.28. The van der Waals surface area contributed by atoms with Crippen molar-refractivity contribution in [2.75, 3.05) is 0 Å². The maximum absolute atomic E-state index is 11.2. The van der Waals surface area contributed by atoms with Crippen molar-refractivity contribution in [1.29, 1.82) is 0 Å². The molecule has 0 saturated carbocycles. The smallest absolute Gasteiger partial charge is 0.225 e. The van der Waals surface area contributed by atoms with Crippen molar-refractivity contribution in [1.82, 2.24) is 20.0 Å². The zero-order valence-electron chi connectivity index (χ0n) is 8.70. The minimum Gasteiger partial charge on any atom is -0.225 e. The van der Waals surface area contributed by atoms with Gasteiger partial charge in [0.1, 0.15) is 4.90 Å². The first-order valence-corrected chi connectivity index (χ1v) is 6.39. The van der Waals surface area contributed by atoms with Gasteiger partial charge in [-0.05, 0) is 19.1 Å². The Morgan fingerprint density at radius 1 is 1.35 bits per heavy atom. The van der Waals surface area contributed by atoms with E-state index in [-0.39, 0.29) is 10.0 Å². The first-order valence-electron chi connectivity index (χ1n) is 4.46. The van der Waals surface area contributed by atoms with E-state index in [1.807, 2.05) is 0 Å². The molecule has 17 heavy (non-hydrogen) atoms. The van der Waals surface area contributed by atoms with Crippen LogP contribution in [-0.4, -0.2) is 28.4 Å². The lowest BCUT2D eigenvalue weighted by Gasteiger charge is -2.02. The maximum Gasteiger partial charge on any atom is 0.241 e. The maximum atomic E-state index is 11.2. The fraction of sp³-hybridized carbons (Fsp3) is 0.125. The molecule has 0 atom stereocenters. The van der Waals surface area contributed by atoms with E-state index >= 15 is 0 Å². The second kappa shape index (κ2) is 4.06. The number of aromatic nitrogens is 4. The van der Waals surface area contributed by atoms with Crippen molar-refractivity contribution in [2.45, 2.75) is 11.8 Å². The summed E-state index contributed by atoms with van der Waals surface area (Å²) in [5.41, 5.74) is 0.365. The van der Waals surface area contributed by atoms with Crippen molar-refractivity contribution in [3.05, 3.63) is 29.2 Å². The molecule has 0 fully saturated rings. The van der Waals surface area contributed by atoms with Gasteiger partial charge in [0.15, 0.2) is 11.0 Å². The third-order valence-electron chi connectivity index (χ3n) is 2.11. The van der Waals surface area contributed by atoms with Crippen LogP contribution in [0.4, 0.5) is 0 Å². The van der Waals surface area contributed by atoms with E-state index in [2.05, 4.69) is 15.3 Å². The molecule has 0 aromatic carbocycles. The van der Waals surface area contributed by atoms with Crippen molar-refractivity contribution in [2.24, 2.45) is 5.14 Å². The minimum absolute atomic E-state index is 0.0470. The summed E-state index contributed by atoms with van der Waals surface area (Å²) >= 11 is 5.60. The SMILES string of the molecule is Cc1c(S(N)(=O)=O)cnn1-c1ccc(Cl)nn1. The molecule has 0 aliphatic heterocycles. The monoisotopic (exact) mass is 273 g/mol. The van der Waals surface area contributed by atoms with E-state index in [9.17, 15) is 8.42 Å². The molecule has 0 radical (unpaired) electrons. The Balaban J connectivity index is 2.55. The zero-order valence-corrected chi connectivity index (χ0v) is 10.3. The van der Waals surface area contributed by atoms with E-state index < -0.39 is 10.0 Å². The summed E-state index contributed by atoms with van der Waals surface area (Å²) in [6.45, 7) is 1.57. The third-order valence-corrected chi connectivity index (χ3v) is 3.32.